The molecule has 0 radical (unpaired) electrons. The number of hydrogen-bond donors (Lipinski definition) is 1. The van der Waals surface area contributed by atoms with Crippen molar-refractivity contribution in [3.8, 4) is 11.3 Å². The molecule has 3 aromatic rings. The lowest BCUT2D eigenvalue weighted by atomic mass is 10.1. The van der Waals surface area contributed by atoms with E-state index >= 15 is 0 Å². The lowest BCUT2D eigenvalue weighted by Crippen LogP contribution is -2.05. The Morgan fingerprint density at radius 2 is 1.77 bits per heavy atom. The fourth-order valence-corrected chi connectivity index (χ4v) is 3.10. The Bertz CT molecular complexity index is 900. The van der Waals surface area contributed by atoms with Crippen LogP contribution in [0.2, 0.25) is 0 Å². The monoisotopic (exact) mass is 346 g/mol. The second kappa shape index (κ2) is 8.53. The fraction of sp³-hybridized carbons (Fsp3) is 0.364. The zero-order valence-corrected chi connectivity index (χ0v) is 15.6. The number of unbranched alkanes of at least 4 members (excludes halogenated alkanes) is 3. The van der Waals surface area contributed by atoms with Crippen LogP contribution in [0.4, 0.5) is 5.82 Å². The minimum atomic E-state index is 0.650. The van der Waals surface area contributed by atoms with E-state index in [4.69, 9.17) is 11.6 Å². The number of hydrogen-bond acceptors (Lipinski definition) is 2. The molecule has 0 fully saturated rings. The van der Waals surface area contributed by atoms with Gasteiger partial charge in [-0.25, -0.2) is 11.6 Å². The molecule has 1 aromatic carbocycles. The first kappa shape index (κ1) is 18.0. The summed E-state index contributed by atoms with van der Waals surface area (Å²) in [6, 6.07) is 12.8. The van der Waals surface area contributed by atoms with E-state index in [0.29, 0.717) is 6.54 Å². The predicted molar refractivity (Wildman–Crippen MR) is 109 cm³/mol. The van der Waals surface area contributed by atoms with Gasteiger partial charge in [-0.15, -0.1) is 0 Å². The van der Waals surface area contributed by atoms with E-state index in [1.54, 1.807) is 0 Å². The molecular weight excluding hydrogens is 320 g/mol. The van der Waals surface area contributed by atoms with Gasteiger partial charge in [0, 0.05) is 24.7 Å². The Kier molecular flexibility index (Phi) is 5.91. The van der Waals surface area contributed by atoms with Crippen LogP contribution in [-0.4, -0.2) is 22.5 Å². The summed E-state index contributed by atoms with van der Waals surface area (Å²) in [4.78, 5) is 8.29. The van der Waals surface area contributed by atoms with Gasteiger partial charge in [0.05, 0.1) is 0 Å². The number of nitrogens with zero attached hydrogens (tertiary/aromatic N) is 3. The maximum Gasteiger partial charge on any atom is 0.214 e. The Morgan fingerprint density at radius 1 is 1.00 bits per heavy atom. The molecule has 134 valence electrons. The highest BCUT2D eigenvalue weighted by Crippen LogP contribution is 2.29. The molecule has 0 spiro atoms. The molecule has 4 heteroatoms. The van der Waals surface area contributed by atoms with Crippen LogP contribution in [0.25, 0.3) is 21.7 Å². The zero-order valence-electron chi connectivity index (χ0n) is 15.6. The van der Waals surface area contributed by atoms with E-state index in [-0.39, 0.29) is 0 Å². The van der Waals surface area contributed by atoms with E-state index in [0.717, 1.165) is 55.0 Å². The number of benzene rings is 1. The lowest BCUT2D eigenvalue weighted by molar-refractivity contribution is 0.677. The second-order valence-electron chi connectivity index (χ2n) is 6.83. The first-order valence-electron chi connectivity index (χ1n) is 9.32. The summed E-state index contributed by atoms with van der Waals surface area (Å²) in [5.74, 6) is 1.06. The van der Waals surface area contributed by atoms with Crippen molar-refractivity contribution in [2.75, 3.05) is 18.4 Å². The quantitative estimate of drug-likeness (QED) is 0.431. The second-order valence-corrected chi connectivity index (χ2v) is 6.83. The summed E-state index contributed by atoms with van der Waals surface area (Å²) in [5, 5.41) is 3.60. The van der Waals surface area contributed by atoms with Gasteiger partial charge in [-0.05, 0) is 44.4 Å². The smallest absolute Gasteiger partial charge is 0.214 e. The van der Waals surface area contributed by atoms with Gasteiger partial charge in [0.25, 0.3) is 0 Å². The molecule has 0 bridgehead atoms. The molecule has 0 aliphatic rings. The Hall–Kier alpha value is -2.80. The van der Waals surface area contributed by atoms with Gasteiger partial charge in [0.1, 0.15) is 17.2 Å². The minimum absolute atomic E-state index is 0.650. The first-order valence-corrected chi connectivity index (χ1v) is 9.32. The average molecular weight is 346 g/mol. The van der Waals surface area contributed by atoms with Crippen LogP contribution in [-0.2, 0) is 0 Å². The summed E-state index contributed by atoms with van der Waals surface area (Å²) >= 11 is 0. The van der Waals surface area contributed by atoms with E-state index in [2.05, 4.69) is 71.0 Å². The van der Waals surface area contributed by atoms with E-state index in [9.17, 15) is 0 Å². The molecule has 0 amide bonds. The van der Waals surface area contributed by atoms with E-state index in [1.807, 2.05) is 0 Å². The van der Waals surface area contributed by atoms with Crippen molar-refractivity contribution < 1.29 is 0 Å². The number of pyridine rings is 1. The highest BCUT2D eigenvalue weighted by atomic mass is 15.1. The Balaban J connectivity index is 1.79. The normalized spacial score (nSPS) is 10.8. The molecule has 2 aromatic heterocycles. The number of imidazole rings is 1. The lowest BCUT2D eigenvalue weighted by Gasteiger charge is -2.09. The molecule has 26 heavy (non-hydrogen) atoms. The largest absolute Gasteiger partial charge is 0.369 e. The van der Waals surface area contributed by atoms with Crippen LogP contribution in [0.15, 0.2) is 42.6 Å². The van der Waals surface area contributed by atoms with Crippen molar-refractivity contribution in [1.82, 2.24) is 9.38 Å². The van der Waals surface area contributed by atoms with E-state index in [1.165, 1.54) is 11.1 Å². The van der Waals surface area contributed by atoms with Crippen molar-refractivity contribution in [1.29, 1.82) is 0 Å². The summed E-state index contributed by atoms with van der Waals surface area (Å²) in [6.45, 7) is 12.6. The average Bonchev–Trinajstić information content (AvgIpc) is 2.99. The molecule has 4 nitrogen and oxygen atoms in total. The zero-order chi connectivity index (χ0) is 18.4. The molecule has 0 atom stereocenters. The van der Waals surface area contributed by atoms with Gasteiger partial charge in [-0.3, -0.25) is 4.40 Å². The fourth-order valence-electron chi connectivity index (χ4n) is 3.10. The van der Waals surface area contributed by atoms with Crippen LogP contribution < -0.4 is 5.32 Å². The van der Waals surface area contributed by atoms with Crippen LogP contribution in [0.3, 0.4) is 0 Å². The van der Waals surface area contributed by atoms with Crippen LogP contribution in [0.1, 0.15) is 36.8 Å². The van der Waals surface area contributed by atoms with Gasteiger partial charge < -0.3 is 10.2 Å². The third-order valence-corrected chi connectivity index (χ3v) is 4.60. The molecule has 0 saturated carbocycles. The highest BCUT2D eigenvalue weighted by Gasteiger charge is 2.13. The number of nitrogens with one attached hydrogen (secondary N) is 1. The highest BCUT2D eigenvalue weighted by molar-refractivity contribution is 5.76. The maximum atomic E-state index is 6.83. The topological polar surface area (TPSA) is 33.7 Å². The van der Waals surface area contributed by atoms with Gasteiger partial charge in [0.2, 0.25) is 6.54 Å². The number of aromatic nitrogens is 2. The molecule has 2 heterocycles. The molecule has 0 aliphatic carbocycles. The van der Waals surface area contributed by atoms with Crippen molar-refractivity contribution in [2.24, 2.45) is 0 Å². The van der Waals surface area contributed by atoms with Gasteiger partial charge in [0.15, 0.2) is 0 Å². The molecule has 0 saturated heterocycles. The third kappa shape index (κ3) is 4.23. The standard InChI is InChI=1S/C22H26N4/c1-17-8-10-19(11-9-17)21-22(24-14-7-5-4-6-13-23-3)26-15-12-18(2)16-20(26)25-21/h8-12,15-16,24H,4-7,13-14H2,1-2H3. The van der Waals surface area contributed by atoms with Crippen molar-refractivity contribution >= 4 is 11.5 Å². The predicted octanol–water partition coefficient (Wildman–Crippen LogP) is 5.51. The van der Waals surface area contributed by atoms with Crippen molar-refractivity contribution in [3.05, 3.63) is 65.1 Å². The molecular formula is C22H26N4. The number of aryl methyl sites for hydroxylation is 2. The third-order valence-electron chi connectivity index (χ3n) is 4.60. The molecule has 0 unspecified atom stereocenters. The maximum absolute atomic E-state index is 6.83. The minimum Gasteiger partial charge on any atom is -0.369 e. The van der Waals surface area contributed by atoms with Crippen molar-refractivity contribution in [2.45, 2.75) is 39.5 Å². The summed E-state index contributed by atoms with van der Waals surface area (Å²) < 4.78 is 2.14. The van der Waals surface area contributed by atoms with Gasteiger partial charge >= 0.3 is 0 Å². The molecule has 0 aliphatic heterocycles. The summed E-state index contributed by atoms with van der Waals surface area (Å²) in [6.07, 6.45) is 6.48. The van der Waals surface area contributed by atoms with E-state index < -0.39 is 0 Å². The summed E-state index contributed by atoms with van der Waals surface area (Å²) in [7, 11) is 0. The summed E-state index contributed by atoms with van der Waals surface area (Å²) in [5.41, 5.74) is 5.58. The van der Waals surface area contributed by atoms with Gasteiger partial charge in [-0.2, -0.15) is 0 Å². The first-order chi connectivity index (χ1) is 12.7. The SMILES string of the molecule is [C-]#[N+]CCCCCCNc1c(-c2ccc(C)cc2)nc2cc(C)ccn12. The Morgan fingerprint density at radius 3 is 2.54 bits per heavy atom. The van der Waals surface area contributed by atoms with Crippen LogP contribution >= 0.6 is 0 Å². The number of rotatable bonds is 8. The van der Waals surface area contributed by atoms with Gasteiger partial charge in [-0.1, -0.05) is 36.2 Å². The molecule has 1 N–H and O–H groups in total. The van der Waals surface area contributed by atoms with Crippen LogP contribution in [0, 0.1) is 20.4 Å². The molecule has 3 rings (SSSR count). The van der Waals surface area contributed by atoms with Crippen LogP contribution in [0.5, 0.6) is 0 Å². The number of anilines is 1. The Labute approximate surface area is 155 Å². The number of fused-ring (bicyclic) bond motifs is 1. The van der Waals surface area contributed by atoms with Crippen molar-refractivity contribution in [3.63, 3.8) is 0 Å².